The first kappa shape index (κ1) is 15.2. The van der Waals surface area contributed by atoms with E-state index in [0.29, 0.717) is 11.6 Å². The molecular formula is C14H17ClN2O2. The van der Waals surface area contributed by atoms with Gasteiger partial charge in [-0.3, -0.25) is 9.59 Å². The summed E-state index contributed by atoms with van der Waals surface area (Å²) in [6.45, 7) is 4.01. The van der Waals surface area contributed by atoms with Gasteiger partial charge in [0.15, 0.2) is 0 Å². The Balaban J connectivity index is 2.51. The molecule has 2 amide bonds. The lowest BCUT2D eigenvalue weighted by molar-refractivity contribution is -0.126. The molecule has 1 aromatic rings. The Morgan fingerprint density at radius 1 is 1.32 bits per heavy atom. The minimum absolute atomic E-state index is 0.198. The molecular weight excluding hydrogens is 264 g/mol. The molecule has 0 saturated carbocycles. The zero-order valence-electron chi connectivity index (χ0n) is 10.9. The van der Waals surface area contributed by atoms with Crippen LogP contribution in [-0.4, -0.2) is 24.4 Å². The molecule has 1 aromatic carbocycles. The maximum Gasteiger partial charge on any atom is 0.244 e. The molecule has 4 nitrogen and oxygen atoms in total. The van der Waals surface area contributed by atoms with E-state index < -0.39 is 6.04 Å². The lowest BCUT2D eigenvalue weighted by Crippen LogP contribution is -2.44. The summed E-state index contributed by atoms with van der Waals surface area (Å²) in [7, 11) is 0. The number of likely N-dealkylation sites (N-methyl/N-ethyl adjacent to an activating group) is 1. The summed E-state index contributed by atoms with van der Waals surface area (Å²) < 4.78 is 0. The Kier molecular flexibility index (Phi) is 6.09. The van der Waals surface area contributed by atoms with Crippen LogP contribution in [-0.2, 0) is 9.59 Å². The number of hydrogen-bond donors (Lipinski definition) is 2. The highest BCUT2D eigenvalue weighted by Crippen LogP contribution is 2.10. The fourth-order valence-electron chi connectivity index (χ4n) is 1.40. The van der Waals surface area contributed by atoms with E-state index in [4.69, 9.17) is 11.6 Å². The van der Waals surface area contributed by atoms with Crippen molar-refractivity contribution in [2.75, 3.05) is 6.54 Å². The molecule has 0 aliphatic heterocycles. The van der Waals surface area contributed by atoms with Crippen molar-refractivity contribution in [2.45, 2.75) is 19.9 Å². The summed E-state index contributed by atoms with van der Waals surface area (Å²) in [4.78, 5) is 23.0. The minimum Gasteiger partial charge on any atom is -0.355 e. The Hall–Kier alpha value is -1.81. The lowest BCUT2D eigenvalue weighted by Gasteiger charge is -2.11. The van der Waals surface area contributed by atoms with Gasteiger partial charge in [0.1, 0.15) is 6.04 Å². The minimum atomic E-state index is -0.553. The van der Waals surface area contributed by atoms with Crippen LogP contribution in [0.5, 0.6) is 0 Å². The standard InChI is InChI=1S/C14H17ClN2O2/c1-3-16-14(19)10(2)17-13(18)9-6-11-4-7-12(15)8-5-11/h4-10H,3H2,1-2H3,(H,16,19)(H,17,18)/b9-6+. The first-order valence-electron chi connectivity index (χ1n) is 6.04. The van der Waals surface area contributed by atoms with Crippen molar-refractivity contribution >= 4 is 29.5 Å². The predicted octanol–water partition coefficient (Wildman–Crippen LogP) is 1.99. The lowest BCUT2D eigenvalue weighted by atomic mass is 10.2. The van der Waals surface area contributed by atoms with E-state index >= 15 is 0 Å². The van der Waals surface area contributed by atoms with Gasteiger partial charge >= 0.3 is 0 Å². The summed E-state index contributed by atoms with van der Waals surface area (Å²) in [6, 6.07) is 6.55. The fourth-order valence-corrected chi connectivity index (χ4v) is 1.53. The Bertz CT molecular complexity index is 469. The first-order chi connectivity index (χ1) is 9.02. The molecule has 5 heteroatoms. The zero-order valence-corrected chi connectivity index (χ0v) is 11.7. The zero-order chi connectivity index (χ0) is 14.3. The number of halogens is 1. The summed E-state index contributed by atoms with van der Waals surface area (Å²) >= 11 is 5.76. The van der Waals surface area contributed by atoms with Crippen LogP contribution >= 0.6 is 11.6 Å². The maximum atomic E-state index is 11.6. The average Bonchev–Trinajstić information content (AvgIpc) is 2.38. The third-order valence-electron chi connectivity index (χ3n) is 2.40. The van der Waals surface area contributed by atoms with Gasteiger partial charge in [-0.1, -0.05) is 23.7 Å². The average molecular weight is 281 g/mol. The van der Waals surface area contributed by atoms with E-state index in [2.05, 4.69) is 10.6 Å². The monoisotopic (exact) mass is 280 g/mol. The molecule has 19 heavy (non-hydrogen) atoms. The van der Waals surface area contributed by atoms with Crippen molar-refractivity contribution in [2.24, 2.45) is 0 Å². The molecule has 1 rings (SSSR count). The van der Waals surface area contributed by atoms with E-state index in [0.717, 1.165) is 5.56 Å². The highest BCUT2D eigenvalue weighted by atomic mass is 35.5. The molecule has 0 spiro atoms. The second-order valence-electron chi connectivity index (χ2n) is 4.01. The Morgan fingerprint density at radius 2 is 1.95 bits per heavy atom. The highest BCUT2D eigenvalue weighted by Gasteiger charge is 2.12. The largest absolute Gasteiger partial charge is 0.355 e. The number of carbonyl (C=O) groups is 2. The van der Waals surface area contributed by atoms with Crippen LogP contribution in [0.1, 0.15) is 19.4 Å². The molecule has 102 valence electrons. The molecule has 0 aliphatic rings. The Labute approximate surface area is 117 Å². The molecule has 0 fully saturated rings. The third-order valence-corrected chi connectivity index (χ3v) is 2.65. The predicted molar refractivity (Wildman–Crippen MR) is 76.8 cm³/mol. The van der Waals surface area contributed by atoms with Gasteiger partial charge in [-0.15, -0.1) is 0 Å². The van der Waals surface area contributed by atoms with E-state index in [1.165, 1.54) is 6.08 Å². The van der Waals surface area contributed by atoms with Crippen LogP contribution in [0.15, 0.2) is 30.3 Å². The van der Waals surface area contributed by atoms with Crippen molar-refractivity contribution in [1.29, 1.82) is 0 Å². The molecule has 0 aliphatic carbocycles. The molecule has 0 bridgehead atoms. The molecule has 0 radical (unpaired) electrons. The number of nitrogens with one attached hydrogen (secondary N) is 2. The number of carbonyl (C=O) groups excluding carboxylic acids is 2. The van der Waals surface area contributed by atoms with Gasteiger partial charge in [0.05, 0.1) is 0 Å². The second kappa shape index (κ2) is 7.59. The molecule has 0 aromatic heterocycles. The first-order valence-corrected chi connectivity index (χ1v) is 6.42. The summed E-state index contributed by atoms with van der Waals surface area (Å²) in [5, 5.41) is 5.87. The van der Waals surface area contributed by atoms with Gasteiger partial charge in [0, 0.05) is 17.6 Å². The quantitative estimate of drug-likeness (QED) is 0.811. The van der Waals surface area contributed by atoms with Gasteiger partial charge in [-0.25, -0.2) is 0 Å². The van der Waals surface area contributed by atoms with Gasteiger partial charge in [-0.05, 0) is 37.6 Å². The second-order valence-corrected chi connectivity index (χ2v) is 4.45. The van der Waals surface area contributed by atoms with E-state index in [1.54, 1.807) is 37.3 Å². The van der Waals surface area contributed by atoms with E-state index in [9.17, 15) is 9.59 Å². The van der Waals surface area contributed by atoms with Gasteiger partial charge in [-0.2, -0.15) is 0 Å². The molecule has 1 unspecified atom stereocenters. The van der Waals surface area contributed by atoms with Crippen molar-refractivity contribution in [1.82, 2.24) is 10.6 Å². The highest BCUT2D eigenvalue weighted by molar-refractivity contribution is 6.30. The summed E-state index contributed by atoms with van der Waals surface area (Å²) in [5.74, 6) is -0.510. The molecule has 0 heterocycles. The number of amides is 2. The SMILES string of the molecule is CCNC(=O)C(C)NC(=O)/C=C/c1ccc(Cl)cc1. The summed E-state index contributed by atoms with van der Waals surface area (Å²) in [6.07, 6.45) is 3.05. The molecule has 1 atom stereocenters. The van der Waals surface area contributed by atoms with Crippen LogP contribution in [0.4, 0.5) is 0 Å². The fraction of sp³-hybridized carbons (Fsp3) is 0.286. The molecule has 0 saturated heterocycles. The van der Waals surface area contributed by atoms with Crippen LogP contribution in [0.25, 0.3) is 6.08 Å². The van der Waals surface area contributed by atoms with Crippen LogP contribution < -0.4 is 10.6 Å². The normalized spacial score (nSPS) is 12.2. The van der Waals surface area contributed by atoms with Crippen molar-refractivity contribution < 1.29 is 9.59 Å². The van der Waals surface area contributed by atoms with Crippen molar-refractivity contribution in [3.8, 4) is 0 Å². The Morgan fingerprint density at radius 3 is 2.53 bits per heavy atom. The van der Waals surface area contributed by atoms with Crippen LogP contribution in [0.3, 0.4) is 0 Å². The number of benzene rings is 1. The summed E-state index contributed by atoms with van der Waals surface area (Å²) in [5.41, 5.74) is 0.866. The molecule has 2 N–H and O–H groups in total. The van der Waals surface area contributed by atoms with E-state index in [1.807, 2.05) is 6.92 Å². The van der Waals surface area contributed by atoms with Crippen molar-refractivity contribution in [3.63, 3.8) is 0 Å². The van der Waals surface area contributed by atoms with Gasteiger partial charge < -0.3 is 10.6 Å². The van der Waals surface area contributed by atoms with Crippen LogP contribution in [0, 0.1) is 0 Å². The van der Waals surface area contributed by atoms with E-state index in [-0.39, 0.29) is 11.8 Å². The number of hydrogen-bond acceptors (Lipinski definition) is 2. The third kappa shape index (κ3) is 5.57. The van der Waals surface area contributed by atoms with Crippen molar-refractivity contribution in [3.05, 3.63) is 40.9 Å². The topological polar surface area (TPSA) is 58.2 Å². The van der Waals surface area contributed by atoms with Gasteiger partial charge in [0.25, 0.3) is 0 Å². The maximum absolute atomic E-state index is 11.6. The van der Waals surface area contributed by atoms with Gasteiger partial charge in [0.2, 0.25) is 11.8 Å². The number of rotatable bonds is 5. The van der Waals surface area contributed by atoms with Crippen LogP contribution in [0.2, 0.25) is 5.02 Å². The smallest absolute Gasteiger partial charge is 0.244 e.